The van der Waals surface area contributed by atoms with Gasteiger partial charge in [-0.05, 0) is 6.26 Å². The Bertz CT molecular complexity index is 183. The van der Waals surface area contributed by atoms with E-state index in [0.717, 1.165) is 5.88 Å². The van der Waals surface area contributed by atoms with E-state index in [2.05, 4.69) is 23.3 Å². The molecule has 50 valence electrons. The van der Waals surface area contributed by atoms with Crippen LogP contribution in [0.15, 0.2) is 18.7 Å². The van der Waals surface area contributed by atoms with E-state index in [-0.39, 0.29) is 0 Å². The van der Waals surface area contributed by atoms with Crippen LogP contribution in [-0.4, -0.2) is 10.8 Å². The van der Waals surface area contributed by atoms with Gasteiger partial charge in [-0.25, -0.2) is 9.13 Å². The second-order valence-electron chi connectivity index (χ2n) is 2.01. The quantitative estimate of drug-likeness (QED) is 0.552. The normalized spacial score (nSPS) is 10.0. The maximum Gasteiger partial charge on any atom is 0.244 e. The first-order valence-corrected chi connectivity index (χ1v) is 4.22. The first kappa shape index (κ1) is 6.68. The van der Waals surface area contributed by atoms with Crippen molar-refractivity contribution in [1.82, 2.24) is 4.57 Å². The Labute approximate surface area is 59.5 Å². The molecule has 0 fully saturated rings. The third-order valence-electron chi connectivity index (χ3n) is 1.10. The molecule has 0 aliphatic rings. The predicted octanol–water partition coefficient (Wildman–Crippen LogP) is 0.633. The summed E-state index contributed by atoms with van der Waals surface area (Å²) in [6.07, 6.45) is 8.27. The smallest absolute Gasteiger partial charge is 0.240 e. The van der Waals surface area contributed by atoms with Crippen molar-refractivity contribution in [2.45, 2.75) is 5.88 Å². The molecule has 0 saturated carbocycles. The number of nitrogens with zero attached hydrogens (tertiary/aromatic N) is 2. The summed E-state index contributed by atoms with van der Waals surface area (Å²) >= 11 is 1.82. The zero-order valence-corrected chi connectivity index (χ0v) is 6.56. The van der Waals surface area contributed by atoms with Gasteiger partial charge in [0.2, 0.25) is 6.33 Å². The van der Waals surface area contributed by atoms with Crippen LogP contribution in [0.1, 0.15) is 0 Å². The minimum Gasteiger partial charge on any atom is -0.240 e. The van der Waals surface area contributed by atoms with Crippen LogP contribution in [0.3, 0.4) is 0 Å². The van der Waals surface area contributed by atoms with E-state index in [1.165, 1.54) is 0 Å². The highest BCUT2D eigenvalue weighted by atomic mass is 32.2. The predicted molar refractivity (Wildman–Crippen MR) is 39.1 cm³/mol. The van der Waals surface area contributed by atoms with Gasteiger partial charge in [-0.2, -0.15) is 0 Å². The van der Waals surface area contributed by atoms with Gasteiger partial charge >= 0.3 is 0 Å². The van der Waals surface area contributed by atoms with Crippen molar-refractivity contribution in [3.63, 3.8) is 0 Å². The lowest BCUT2D eigenvalue weighted by Gasteiger charge is -1.86. The average Bonchev–Trinajstić information content (AvgIpc) is 2.17. The lowest BCUT2D eigenvalue weighted by molar-refractivity contribution is -0.670. The summed E-state index contributed by atoms with van der Waals surface area (Å²) in [5, 5.41) is 0. The fourth-order valence-electron chi connectivity index (χ4n) is 0.727. The molecular weight excluding hydrogens is 132 g/mol. The molecule has 1 heterocycles. The first-order valence-electron chi connectivity index (χ1n) is 2.83. The summed E-state index contributed by atoms with van der Waals surface area (Å²) in [7, 11) is 2.02. The topological polar surface area (TPSA) is 8.81 Å². The van der Waals surface area contributed by atoms with Crippen molar-refractivity contribution < 1.29 is 4.57 Å². The molecule has 0 aliphatic carbocycles. The lowest BCUT2D eigenvalue weighted by atomic mass is 10.9. The molecule has 1 aromatic heterocycles. The SMILES string of the molecule is CSCn1cc[n+](C)c1. The second kappa shape index (κ2) is 2.92. The molecule has 0 amide bonds. The second-order valence-corrected chi connectivity index (χ2v) is 2.85. The van der Waals surface area contributed by atoms with E-state index in [0.29, 0.717) is 0 Å². The van der Waals surface area contributed by atoms with Gasteiger partial charge in [-0.1, -0.05) is 0 Å². The Kier molecular flexibility index (Phi) is 2.16. The van der Waals surface area contributed by atoms with Gasteiger partial charge in [0, 0.05) is 0 Å². The van der Waals surface area contributed by atoms with E-state index in [1.54, 1.807) is 0 Å². The van der Waals surface area contributed by atoms with Crippen LogP contribution < -0.4 is 4.57 Å². The summed E-state index contributed by atoms with van der Waals surface area (Å²) in [5.74, 6) is 1.04. The van der Waals surface area contributed by atoms with Crippen molar-refractivity contribution in [3.8, 4) is 0 Å². The molecule has 1 aromatic rings. The molecule has 0 radical (unpaired) electrons. The molecule has 2 nitrogen and oxygen atoms in total. The van der Waals surface area contributed by atoms with Crippen LogP contribution in [-0.2, 0) is 12.9 Å². The van der Waals surface area contributed by atoms with Crippen LogP contribution in [0.2, 0.25) is 0 Å². The van der Waals surface area contributed by atoms with Crippen molar-refractivity contribution in [1.29, 1.82) is 0 Å². The van der Waals surface area contributed by atoms with Crippen LogP contribution >= 0.6 is 11.8 Å². The van der Waals surface area contributed by atoms with Crippen molar-refractivity contribution in [3.05, 3.63) is 18.7 Å². The highest BCUT2D eigenvalue weighted by Crippen LogP contribution is 1.95. The molecule has 0 saturated heterocycles. The lowest BCUT2D eigenvalue weighted by Crippen LogP contribution is -2.23. The Morgan fingerprint density at radius 3 is 2.89 bits per heavy atom. The zero-order chi connectivity index (χ0) is 6.69. The minimum absolute atomic E-state index is 1.04. The van der Waals surface area contributed by atoms with E-state index >= 15 is 0 Å². The van der Waals surface area contributed by atoms with Gasteiger partial charge in [-0.3, -0.25) is 0 Å². The number of rotatable bonds is 2. The van der Waals surface area contributed by atoms with Crippen LogP contribution in [0.4, 0.5) is 0 Å². The molecule has 0 bridgehead atoms. The van der Waals surface area contributed by atoms with E-state index in [4.69, 9.17) is 0 Å². The third-order valence-corrected chi connectivity index (χ3v) is 1.66. The number of hydrogen-bond donors (Lipinski definition) is 0. The van der Waals surface area contributed by atoms with Gasteiger partial charge < -0.3 is 0 Å². The van der Waals surface area contributed by atoms with Gasteiger partial charge in [0.15, 0.2) is 0 Å². The minimum atomic E-state index is 1.04. The van der Waals surface area contributed by atoms with E-state index in [1.807, 2.05) is 29.6 Å². The summed E-state index contributed by atoms with van der Waals surface area (Å²) in [5.41, 5.74) is 0. The van der Waals surface area contributed by atoms with Gasteiger partial charge in [0.25, 0.3) is 0 Å². The van der Waals surface area contributed by atoms with Gasteiger partial charge in [0.05, 0.1) is 7.05 Å². The van der Waals surface area contributed by atoms with Crippen LogP contribution in [0.25, 0.3) is 0 Å². The maximum atomic E-state index is 2.14. The maximum absolute atomic E-state index is 2.14. The molecule has 3 heteroatoms. The molecule has 0 atom stereocenters. The fraction of sp³-hybridized carbons (Fsp3) is 0.500. The Morgan fingerprint density at radius 1 is 1.67 bits per heavy atom. The van der Waals surface area contributed by atoms with Crippen molar-refractivity contribution >= 4 is 11.8 Å². The summed E-state index contributed by atoms with van der Waals surface area (Å²) < 4.78 is 4.18. The van der Waals surface area contributed by atoms with Crippen LogP contribution in [0, 0.1) is 0 Å². The molecule has 0 spiro atoms. The monoisotopic (exact) mass is 143 g/mol. The van der Waals surface area contributed by atoms with Crippen LogP contribution in [0.5, 0.6) is 0 Å². The largest absolute Gasteiger partial charge is 0.244 e. The van der Waals surface area contributed by atoms with Gasteiger partial charge in [0.1, 0.15) is 18.3 Å². The summed E-state index contributed by atoms with van der Waals surface area (Å²) in [6, 6.07) is 0. The third kappa shape index (κ3) is 1.75. The molecular formula is C6H11N2S+. The van der Waals surface area contributed by atoms with E-state index in [9.17, 15) is 0 Å². The highest BCUT2D eigenvalue weighted by molar-refractivity contribution is 7.97. The fourth-order valence-corrected chi connectivity index (χ4v) is 1.18. The summed E-state index contributed by atoms with van der Waals surface area (Å²) in [4.78, 5) is 0. The molecule has 9 heavy (non-hydrogen) atoms. The highest BCUT2D eigenvalue weighted by Gasteiger charge is 1.95. The van der Waals surface area contributed by atoms with E-state index < -0.39 is 0 Å². The molecule has 1 rings (SSSR count). The summed E-state index contributed by atoms with van der Waals surface area (Å²) in [6.45, 7) is 0. The molecule has 0 aliphatic heterocycles. The molecule has 0 aromatic carbocycles. The average molecular weight is 143 g/mol. The number of aromatic nitrogens is 2. The Morgan fingerprint density at radius 2 is 2.44 bits per heavy atom. The number of aryl methyl sites for hydroxylation is 1. The van der Waals surface area contributed by atoms with Gasteiger partial charge in [-0.15, -0.1) is 11.8 Å². The molecule has 0 N–H and O–H groups in total. The first-order chi connectivity index (χ1) is 4.33. The standard InChI is InChI=1S/C6H11N2S/c1-7-3-4-8(5-7)6-9-2/h3-5H,6H2,1-2H3/q+1. The molecule has 0 unspecified atom stereocenters. The van der Waals surface area contributed by atoms with Crippen molar-refractivity contribution in [2.24, 2.45) is 7.05 Å². The number of imidazole rings is 1. The number of thioether (sulfide) groups is 1. The zero-order valence-electron chi connectivity index (χ0n) is 5.74. The Balaban J connectivity index is 2.61. The number of hydrogen-bond acceptors (Lipinski definition) is 1. The Hall–Kier alpha value is -0.440. The van der Waals surface area contributed by atoms with Crippen molar-refractivity contribution in [2.75, 3.05) is 6.26 Å².